The first-order valence-electron chi connectivity index (χ1n) is 8.81. The Balaban J connectivity index is 1.70. The van der Waals surface area contributed by atoms with Gasteiger partial charge in [0.1, 0.15) is 11.4 Å². The highest BCUT2D eigenvalue weighted by atomic mass is 16.6. The molecule has 146 valence electrons. The monoisotopic (exact) mass is 383 g/mol. The highest BCUT2D eigenvalue weighted by Crippen LogP contribution is 2.31. The predicted molar refractivity (Wildman–Crippen MR) is 107 cm³/mol. The molecule has 2 aromatic carbocycles. The molecule has 0 unspecified atom stereocenters. The molecule has 1 heterocycles. The molecular weight excluding hydrogens is 362 g/mol. The lowest BCUT2D eigenvalue weighted by Crippen LogP contribution is -2.36. The van der Waals surface area contributed by atoms with Crippen LogP contribution < -0.4 is 15.0 Å². The first-order chi connectivity index (χ1) is 13.6. The van der Waals surface area contributed by atoms with E-state index in [9.17, 15) is 14.9 Å². The van der Waals surface area contributed by atoms with Crippen molar-refractivity contribution in [2.24, 2.45) is 0 Å². The number of nitro groups is 1. The number of nitrogens with zero attached hydrogens (tertiary/aromatic N) is 2. The molecule has 1 saturated heterocycles. The Bertz CT molecular complexity index is 874. The highest BCUT2D eigenvalue weighted by Gasteiger charge is 2.22. The molecule has 0 atom stereocenters. The summed E-state index contributed by atoms with van der Waals surface area (Å²) in [7, 11) is 1.59. The molecule has 1 amide bonds. The molecule has 0 bridgehead atoms. The molecule has 3 rings (SSSR count). The zero-order valence-electron chi connectivity index (χ0n) is 15.5. The van der Waals surface area contributed by atoms with Gasteiger partial charge < -0.3 is 19.7 Å². The van der Waals surface area contributed by atoms with E-state index < -0.39 is 4.92 Å². The number of rotatable bonds is 6. The number of nitro benzene ring substituents is 1. The molecule has 2 aromatic rings. The van der Waals surface area contributed by atoms with Gasteiger partial charge in [0.15, 0.2) is 0 Å². The summed E-state index contributed by atoms with van der Waals surface area (Å²) in [5.74, 6) is 0.360. The van der Waals surface area contributed by atoms with Crippen molar-refractivity contribution >= 4 is 29.0 Å². The zero-order valence-corrected chi connectivity index (χ0v) is 15.5. The fourth-order valence-electron chi connectivity index (χ4n) is 2.89. The molecule has 28 heavy (non-hydrogen) atoms. The van der Waals surface area contributed by atoms with Gasteiger partial charge in [-0.25, -0.2) is 0 Å². The number of carbonyl (C=O) groups is 1. The minimum Gasteiger partial charge on any atom is -0.497 e. The average Bonchev–Trinajstić information content (AvgIpc) is 2.73. The molecule has 1 aliphatic rings. The van der Waals surface area contributed by atoms with E-state index in [1.165, 1.54) is 12.1 Å². The molecule has 0 saturated carbocycles. The van der Waals surface area contributed by atoms with Crippen molar-refractivity contribution in [3.63, 3.8) is 0 Å². The lowest BCUT2D eigenvalue weighted by Gasteiger charge is -2.28. The fraction of sp³-hybridized carbons (Fsp3) is 0.250. The molecule has 8 heteroatoms. The van der Waals surface area contributed by atoms with Gasteiger partial charge in [0.2, 0.25) is 5.91 Å². The van der Waals surface area contributed by atoms with Crippen LogP contribution in [-0.2, 0) is 9.53 Å². The Hall–Kier alpha value is -3.39. The molecule has 0 aliphatic carbocycles. The van der Waals surface area contributed by atoms with Crippen LogP contribution in [0.2, 0.25) is 0 Å². The number of benzene rings is 2. The second-order valence-electron chi connectivity index (χ2n) is 6.16. The van der Waals surface area contributed by atoms with E-state index in [1.807, 2.05) is 17.0 Å². The number of ether oxygens (including phenoxy) is 2. The maximum atomic E-state index is 12.2. The first kappa shape index (κ1) is 19.4. The van der Waals surface area contributed by atoms with Gasteiger partial charge in [-0.15, -0.1) is 0 Å². The number of nitrogens with one attached hydrogen (secondary N) is 1. The van der Waals surface area contributed by atoms with Crippen LogP contribution in [-0.4, -0.2) is 44.2 Å². The zero-order chi connectivity index (χ0) is 19.9. The second kappa shape index (κ2) is 9.01. The maximum absolute atomic E-state index is 12.2. The van der Waals surface area contributed by atoms with Crippen LogP contribution in [0.4, 0.5) is 17.1 Å². The number of hydrogen-bond acceptors (Lipinski definition) is 6. The van der Waals surface area contributed by atoms with Crippen molar-refractivity contribution in [2.75, 3.05) is 43.6 Å². The second-order valence-corrected chi connectivity index (χ2v) is 6.16. The molecule has 0 radical (unpaired) electrons. The SMILES string of the molecule is COc1ccc(/C=C/C(=O)Nc2ccc(N3CCOCC3)c([N+](=O)[O-])c2)cc1. The highest BCUT2D eigenvalue weighted by molar-refractivity contribution is 6.02. The topological polar surface area (TPSA) is 93.9 Å². The molecule has 1 N–H and O–H groups in total. The van der Waals surface area contributed by atoms with Crippen LogP contribution in [0.5, 0.6) is 5.75 Å². The maximum Gasteiger partial charge on any atom is 0.294 e. The molecular formula is C20H21N3O5. The van der Waals surface area contributed by atoms with E-state index in [4.69, 9.17) is 9.47 Å². The summed E-state index contributed by atoms with van der Waals surface area (Å²) in [6.45, 7) is 2.26. The van der Waals surface area contributed by atoms with E-state index in [1.54, 1.807) is 37.5 Å². The number of methoxy groups -OCH3 is 1. The van der Waals surface area contributed by atoms with Crippen molar-refractivity contribution in [1.29, 1.82) is 0 Å². The summed E-state index contributed by atoms with van der Waals surface area (Å²) in [4.78, 5) is 25.1. The van der Waals surface area contributed by atoms with Crippen molar-refractivity contribution in [3.8, 4) is 5.75 Å². The third-order valence-electron chi connectivity index (χ3n) is 4.33. The minimum absolute atomic E-state index is 0.0427. The fourth-order valence-corrected chi connectivity index (χ4v) is 2.89. The van der Waals surface area contributed by atoms with E-state index in [0.717, 1.165) is 11.3 Å². The van der Waals surface area contributed by atoms with Gasteiger partial charge in [-0.05, 0) is 35.9 Å². The van der Waals surface area contributed by atoms with Crippen LogP contribution in [0.3, 0.4) is 0 Å². The Kier molecular flexibility index (Phi) is 6.23. The van der Waals surface area contributed by atoms with Gasteiger partial charge in [-0.2, -0.15) is 0 Å². The standard InChI is InChI=1S/C20H21N3O5/c1-27-17-6-2-15(3-7-17)4-9-20(24)21-16-5-8-18(19(14-16)23(25)26)22-10-12-28-13-11-22/h2-9,14H,10-13H2,1H3,(H,21,24)/b9-4+. The van der Waals surface area contributed by atoms with Gasteiger partial charge in [0, 0.05) is 30.9 Å². The summed E-state index contributed by atoms with van der Waals surface area (Å²) in [6, 6.07) is 11.9. The number of amides is 1. The summed E-state index contributed by atoms with van der Waals surface area (Å²) in [5, 5.41) is 14.1. The Morgan fingerprint density at radius 2 is 1.93 bits per heavy atom. The largest absolute Gasteiger partial charge is 0.497 e. The molecule has 1 fully saturated rings. The van der Waals surface area contributed by atoms with Crippen molar-refractivity contribution in [2.45, 2.75) is 0 Å². The molecule has 0 aromatic heterocycles. The minimum atomic E-state index is -0.437. The van der Waals surface area contributed by atoms with Crippen LogP contribution in [0.1, 0.15) is 5.56 Å². The van der Waals surface area contributed by atoms with Gasteiger partial charge in [0.25, 0.3) is 5.69 Å². The quantitative estimate of drug-likeness (QED) is 0.468. The van der Waals surface area contributed by atoms with Crippen molar-refractivity contribution in [1.82, 2.24) is 0 Å². The normalized spacial score (nSPS) is 14.1. The van der Waals surface area contributed by atoms with Crippen LogP contribution in [0.15, 0.2) is 48.5 Å². The number of anilines is 2. The number of carbonyl (C=O) groups excluding carboxylic acids is 1. The van der Waals surface area contributed by atoms with Crippen LogP contribution in [0.25, 0.3) is 6.08 Å². The van der Waals surface area contributed by atoms with Crippen molar-refractivity contribution in [3.05, 3.63) is 64.2 Å². The number of hydrogen-bond donors (Lipinski definition) is 1. The molecule has 0 spiro atoms. The van der Waals surface area contributed by atoms with Gasteiger partial charge in [-0.1, -0.05) is 12.1 Å². The summed E-state index contributed by atoms with van der Waals surface area (Å²) in [5.41, 5.74) is 1.69. The van der Waals surface area contributed by atoms with Crippen molar-refractivity contribution < 1.29 is 19.2 Å². The van der Waals surface area contributed by atoms with E-state index in [-0.39, 0.29) is 11.6 Å². The summed E-state index contributed by atoms with van der Waals surface area (Å²) >= 11 is 0. The molecule has 1 aliphatic heterocycles. The van der Waals surface area contributed by atoms with E-state index >= 15 is 0 Å². The van der Waals surface area contributed by atoms with Crippen LogP contribution in [0, 0.1) is 10.1 Å². The Morgan fingerprint density at radius 3 is 2.57 bits per heavy atom. The van der Waals surface area contributed by atoms with E-state index in [0.29, 0.717) is 37.7 Å². The van der Waals surface area contributed by atoms with Gasteiger partial charge >= 0.3 is 0 Å². The predicted octanol–water partition coefficient (Wildman–Crippen LogP) is 3.09. The Morgan fingerprint density at radius 1 is 1.21 bits per heavy atom. The molecule has 8 nitrogen and oxygen atoms in total. The Labute approximate surface area is 162 Å². The third kappa shape index (κ3) is 4.86. The summed E-state index contributed by atoms with van der Waals surface area (Å²) in [6.07, 6.45) is 3.04. The van der Waals surface area contributed by atoms with Crippen LogP contribution >= 0.6 is 0 Å². The lowest BCUT2D eigenvalue weighted by molar-refractivity contribution is -0.384. The lowest BCUT2D eigenvalue weighted by atomic mass is 10.2. The van der Waals surface area contributed by atoms with Gasteiger partial charge in [0.05, 0.1) is 25.2 Å². The summed E-state index contributed by atoms with van der Waals surface area (Å²) < 4.78 is 10.4. The smallest absolute Gasteiger partial charge is 0.294 e. The third-order valence-corrected chi connectivity index (χ3v) is 4.33. The van der Waals surface area contributed by atoms with E-state index in [2.05, 4.69) is 5.32 Å². The van der Waals surface area contributed by atoms with Gasteiger partial charge in [-0.3, -0.25) is 14.9 Å². The average molecular weight is 383 g/mol. The number of morpholine rings is 1. The first-order valence-corrected chi connectivity index (χ1v) is 8.81.